The molecule has 0 atom stereocenters. The average molecular weight is 91.1 g/mol. The van der Waals surface area contributed by atoms with Crippen LogP contribution in [0.2, 0.25) is 0 Å². The molecule has 0 bridgehead atoms. The molecule has 0 heterocycles. The van der Waals surface area contributed by atoms with Crippen molar-refractivity contribution in [1.29, 1.82) is 0 Å². The molecule has 0 nitrogen and oxygen atoms in total. The molecule has 0 spiro atoms. The predicted molar refractivity (Wildman–Crippen MR) is 14.9 cm³/mol. The first-order valence-electron chi connectivity index (χ1n) is 0.902. The van der Waals surface area contributed by atoms with Gasteiger partial charge in [-0.3, -0.25) is 0 Å². The average Bonchev–Trinajstić information content (AvgIpc) is 1.37. The Morgan fingerprint density at radius 2 is 2.00 bits per heavy atom. The molecule has 0 aromatic rings. The van der Waals surface area contributed by atoms with Gasteiger partial charge in [0.05, 0.1) is 0 Å². The Hall–Kier alpha value is 0.142. The van der Waals surface area contributed by atoms with Gasteiger partial charge in [0, 0.05) is 0 Å². The molecule has 0 aliphatic carbocycles. The van der Waals surface area contributed by atoms with E-state index in [0.29, 0.717) is 0 Å². The summed E-state index contributed by atoms with van der Waals surface area (Å²) in [6.07, 6.45) is 1.44. The summed E-state index contributed by atoms with van der Waals surface area (Å²) in [6.45, 7) is 4.82. The number of allylic oxidation sites excluding steroid dienone is 1. The van der Waals surface area contributed by atoms with E-state index in [1.54, 1.807) is 4.88 Å². The number of hydrogen-bond acceptors (Lipinski definition) is 0. The van der Waals surface area contributed by atoms with Crippen LogP contribution in [0.4, 0.5) is 0 Å². The summed E-state index contributed by atoms with van der Waals surface area (Å²) in [5.74, 6) is 0. The van der Waals surface area contributed by atoms with Crippen LogP contribution < -0.4 is 0 Å². The fourth-order valence-electron chi connectivity index (χ4n) is 0. The zero-order valence-corrected chi connectivity index (χ0v) is 3.42. The molecule has 0 aliphatic rings. The van der Waals surface area contributed by atoms with E-state index in [0.717, 1.165) is 0 Å². The molecule has 0 radical (unpaired) electrons. The van der Waals surface area contributed by atoms with Gasteiger partial charge >= 0.3 is 33.4 Å². The Bertz CT molecular complexity index is 24.3. The van der Waals surface area contributed by atoms with Crippen molar-refractivity contribution in [2.45, 2.75) is 0 Å². The third-order valence-electron chi connectivity index (χ3n) is 0.0786. The van der Waals surface area contributed by atoms with Crippen LogP contribution in [-0.2, 0) is 15.9 Å². The Labute approximate surface area is 34.1 Å². The molecule has 0 saturated carbocycles. The van der Waals surface area contributed by atoms with E-state index >= 15 is 0 Å². The fourth-order valence-corrected chi connectivity index (χ4v) is 0. The summed E-state index contributed by atoms with van der Waals surface area (Å²) in [5.41, 5.74) is 0. The zero-order chi connectivity index (χ0) is 3.41. The van der Waals surface area contributed by atoms with Gasteiger partial charge in [-0.25, -0.2) is 0 Å². The van der Waals surface area contributed by atoms with Gasteiger partial charge in [0.2, 0.25) is 0 Å². The summed E-state index contributed by atoms with van der Waals surface area (Å²) in [6, 6.07) is 0. The van der Waals surface area contributed by atoms with Crippen LogP contribution in [0.25, 0.3) is 0 Å². The molecule has 0 N–H and O–H groups in total. The topological polar surface area (TPSA) is 0 Å². The van der Waals surface area contributed by atoms with Crippen LogP contribution in [0.15, 0.2) is 6.08 Å². The van der Waals surface area contributed by atoms with Crippen molar-refractivity contribution in [1.82, 2.24) is 0 Å². The van der Waals surface area contributed by atoms with Crippen LogP contribution in [0.5, 0.6) is 0 Å². The van der Waals surface area contributed by atoms with Gasteiger partial charge in [-0.1, -0.05) is 0 Å². The van der Waals surface area contributed by atoms with E-state index in [1.165, 1.54) is 6.08 Å². The second-order valence-electron chi connectivity index (χ2n) is 0.329. The molecular weight excluding hydrogens is 88.0 g/mol. The molecular formula is C3H3Cr-. The standard InChI is InChI=1S/C3H3.Cr/c1-3-2;/h1-3H;/q-1;. The van der Waals surface area contributed by atoms with Crippen molar-refractivity contribution < 1.29 is 15.9 Å². The van der Waals surface area contributed by atoms with Gasteiger partial charge in [-0.15, -0.1) is 0 Å². The van der Waals surface area contributed by atoms with Crippen molar-refractivity contribution in [2.24, 2.45) is 0 Å². The molecule has 0 aliphatic heterocycles. The first-order chi connectivity index (χ1) is 1.91. The van der Waals surface area contributed by atoms with E-state index in [1.807, 2.05) is 0 Å². The van der Waals surface area contributed by atoms with Gasteiger partial charge in [0.25, 0.3) is 0 Å². The number of hydrogen-bond donors (Lipinski definition) is 0. The fraction of sp³-hybridized carbons (Fsp3) is 0. The van der Waals surface area contributed by atoms with Gasteiger partial charge in [0.1, 0.15) is 0 Å². The zero-order valence-electron chi connectivity index (χ0n) is 2.14. The Morgan fingerprint density at radius 1 is 1.75 bits per heavy atom. The van der Waals surface area contributed by atoms with Crippen molar-refractivity contribution in [3.05, 3.63) is 12.7 Å². The normalized spacial score (nSPS) is 5.00. The molecule has 0 unspecified atom stereocenters. The molecule has 4 heavy (non-hydrogen) atoms. The van der Waals surface area contributed by atoms with Crippen molar-refractivity contribution in [3.8, 4) is 0 Å². The van der Waals surface area contributed by atoms with E-state index < -0.39 is 0 Å². The molecule has 0 aromatic heterocycles. The summed E-state index contributed by atoms with van der Waals surface area (Å²) < 4.78 is 0. The monoisotopic (exact) mass is 91.0 g/mol. The molecule has 0 saturated heterocycles. The summed E-state index contributed by atoms with van der Waals surface area (Å²) in [7, 11) is 0. The first-order valence-corrected chi connectivity index (χ1v) is 1.64. The maximum absolute atomic E-state index is 4.82. The van der Waals surface area contributed by atoms with E-state index in [2.05, 4.69) is 15.9 Å². The molecule has 0 fully saturated rings. The van der Waals surface area contributed by atoms with Crippen LogP contribution >= 0.6 is 0 Å². The molecule has 0 amide bonds. The minimum atomic E-state index is 1.44. The van der Waals surface area contributed by atoms with Gasteiger partial charge in [0.15, 0.2) is 0 Å². The van der Waals surface area contributed by atoms with E-state index in [-0.39, 0.29) is 0 Å². The van der Waals surface area contributed by atoms with Crippen molar-refractivity contribution >= 4 is 4.88 Å². The molecule has 0 aromatic carbocycles. The summed E-state index contributed by atoms with van der Waals surface area (Å²) >= 11 is 2.59. The third kappa shape index (κ3) is 2.14. The summed E-state index contributed by atoms with van der Waals surface area (Å²) in [5, 5.41) is 0. The first kappa shape index (κ1) is 4.14. The van der Waals surface area contributed by atoms with Crippen molar-refractivity contribution in [3.63, 3.8) is 0 Å². The predicted octanol–water partition coefficient (Wildman–Crippen LogP) is 0.325. The summed E-state index contributed by atoms with van der Waals surface area (Å²) in [4.78, 5) is 1.65. The van der Waals surface area contributed by atoms with Crippen LogP contribution in [0.3, 0.4) is 0 Å². The van der Waals surface area contributed by atoms with Gasteiger partial charge in [-0.2, -0.15) is 0 Å². The Morgan fingerprint density at radius 3 is 2.00 bits per heavy atom. The molecule has 22 valence electrons. The third-order valence-corrected chi connectivity index (χ3v) is 0.324. The number of rotatable bonds is 1. The maximum atomic E-state index is 4.82. The van der Waals surface area contributed by atoms with Crippen LogP contribution in [0, 0.1) is 6.58 Å². The van der Waals surface area contributed by atoms with Gasteiger partial charge in [-0.05, 0) is 0 Å². The molecule has 1 heteroatoms. The quantitative estimate of drug-likeness (QED) is 0.408. The van der Waals surface area contributed by atoms with E-state index in [4.69, 9.17) is 6.58 Å². The second kappa shape index (κ2) is 3.14. The van der Waals surface area contributed by atoms with Crippen LogP contribution in [-0.4, -0.2) is 4.88 Å². The minimum absolute atomic E-state index is 1.44. The van der Waals surface area contributed by atoms with Crippen molar-refractivity contribution in [2.75, 3.05) is 0 Å². The molecule has 0 rings (SSSR count). The van der Waals surface area contributed by atoms with Crippen LogP contribution in [0.1, 0.15) is 0 Å². The Balaban J connectivity index is 2.73. The van der Waals surface area contributed by atoms with Gasteiger partial charge < -0.3 is 0 Å². The SMILES string of the molecule is [CH-]=C[CH]=[Cr]. The van der Waals surface area contributed by atoms with E-state index in [9.17, 15) is 0 Å². The Kier molecular flexibility index (Phi) is 3.25. The second-order valence-corrected chi connectivity index (χ2v) is 0.754.